The number of halogens is 1. The second-order valence-corrected chi connectivity index (χ2v) is 6.81. The van der Waals surface area contributed by atoms with Gasteiger partial charge in [0.2, 0.25) is 6.29 Å². The first-order valence-electron chi connectivity index (χ1n) is 8.85. The van der Waals surface area contributed by atoms with Crippen LogP contribution in [0, 0.1) is 5.92 Å². The molecule has 1 aromatic carbocycles. The van der Waals surface area contributed by atoms with Gasteiger partial charge in [-0.25, -0.2) is 4.79 Å². The molecule has 0 bridgehead atoms. The average Bonchev–Trinajstić information content (AvgIpc) is 2.59. The van der Waals surface area contributed by atoms with Crippen LogP contribution < -0.4 is 40.0 Å². The van der Waals surface area contributed by atoms with E-state index in [0.717, 1.165) is 0 Å². The molecule has 0 spiro atoms. The number of carbonyl (C=O) groups is 3. The van der Waals surface area contributed by atoms with Crippen molar-refractivity contribution in [3.8, 4) is 0 Å². The predicted octanol–water partition coefficient (Wildman–Crippen LogP) is -0.0332. The fraction of sp³-hybridized carbons (Fsp3) is 0.526. The molecule has 9 heteroatoms. The number of esters is 1. The Morgan fingerprint density at radius 1 is 1.11 bits per heavy atom. The molecular formula is C19H25ClNNaO6. The maximum absolute atomic E-state index is 12.3. The van der Waals surface area contributed by atoms with Crippen LogP contribution in [0.1, 0.15) is 58.1 Å². The quantitative estimate of drug-likeness (QED) is 0.323. The van der Waals surface area contributed by atoms with Crippen molar-refractivity contribution < 1.29 is 58.5 Å². The summed E-state index contributed by atoms with van der Waals surface area (Å²) in [4.78, 5) is 34.8. The van der Waals surface area contributed by atoms with Gasteiger partial charge in [-0.3, -0.25) is 4.79 Å². The van der Waals surface area contributed by atoms with Gasteiger partial charge in [-0.2, -0.15) is 0 Å². The molecule has 0 saturated heterocycles. The van der Waals surface area contributed by atoms with Crippen molar-refractivity contribution in [1.29, 1.82) is 0 Å². The molecule has 0 aromatic heterocycles. The van der Waals surface area contributed by atoms with Crippen molar-refractivity contribution in [2.24, 2.45) is 5.92 Å². The molecule has 7 nitrogen and oxygen atoms in total. The van der Waals surface area contributed by atoms with E-state index in [4.69, 9.17) is 21.1 Å². The second kappa shape index (κ2) is 13.8. The summed E-state index contributed by atoms with van der Waals surface area (Å²) in [5.41, 5.74) is 0.670. The van der Waals surface area contributed by atoms with Crippen LogP contribution in [0.15, 0.2) is 24.3 Å². The third kappa shape index (κ3) is 10.3. The molecule has 0 aliphatic carbocycles. The molecule has 1 rings (SSSR count). The Balaban J connectivity index is 0.00000729. The fourth-order valence-electron chi connectivity index (χ4n) is 2.22. The maximum Gasteiger partial charge on any atom is 1.00 e. The number of hydrogen-bond donors (Lipinski definition) is 1. The van der Waals surface area contributed by atoms with E-state index < -0.39 is 30.4 Å². The average molecular weight is 422 g/mol. The summed E-state index contributed by atoms with van der Waals surface area (Å²) in [5.74, 6) is -2.03. The first-order valence-corrected chi connectivity index (χ1v) is 9.23. The van der Waals surface area contributed by atoms with E-state index in [9.17, 15) is 19.5 Å². The molecule has 150 valence electrons. The summed E-state index contributed by atoms with van der Waals surface area (Å²) in [6.07, 6.45) is -0.928. The van der Waals surface area contributed by atoms with Crippen LogP contribution in [-0.4, -0.2) is 24.3 Å². The van der Waals surface area contributed by atoms with Crippen LogP contribution in [0.3, 0.4) is 0 Å². The van der Waals surface area contributed by atoms with E-state index in [2.05, 4.69) is 5.32 Å². The van der Waals surface area contributed by atoms with Crippen molar-refractivity contribution in [3.63, 3.8) is 0 Å². The van der Waals surface area contributed by atoms with Crippen molar-refractivity contribution in [3.05, 3.63) is 34.9 Å². The summed E-state index contributed by atoms with van der Waals surface area (Å²) >= 11 is 5.86. The van der Waals surface area contributed by atoms with Gasteiger partial charge in [0.15, 0.2) is 0 Å². The monoisotopic (exact) mass is 421 g/mol. The number of carboxylic acid groups (broad SMARTS) is 1. The van der Waals surface area contributed by atoms with Crippen molar-refractivity contribution in [2.45, 2.75) is 58.8 Å². The van der Waals surface area contributed by atoms with E-state index >= 15 is 0 Å². The molecule has 2 atom stereocenters. The van der Waals surface area contributed by atoms with Gasteiger partial charge >= 0.3 is 41.6 Å². The molecule has 1 N–H and O–H groups in total. The summed E-state index contributed by atoms with van der Waals surface area (Å²) in [6.45, 7) is 5.23. The van der Waals surface area contributed by atoms with Gasteiger partial charge < -0.3 is 24.7 Å². The number of rotatable bonds is 10. The van der Waals surface area contributed by atoms with Crippen LogP contribution >= 0.6 is 11.6 Å². The molecule has 2 unspecified atom stereocenters. The summed E-state index contributed by atoms with van der Waals surface area (Å²) < 4.78 is 10.4. The first-order chi connectivity index (χ1) is 12.7. The second-order valence-electron chi connectivity index (χ2n) is 6.37. The largest absolute Gasteiger partial charge is 1.00 e. The molecule has 0 fully saturated rings. The molecule has 0 aliphatic heterocycles. The van der Waals surface area contributed by atoms with Gasteiger partial charge in [-0.1, -0.05) is 44.5 Å². The van der Waals surface area contributed by atoms with Gasteiger partial charge in [0.25, 0.3) is 0 Å². The first kappa shape index (κ1) is 26.7. The number of aliphatic carboxylic acids is 1. The van der Waals surface area contributed by atoms with Crippen LogP contribution in [0.25, 0.3) is 0 Å². The van der Waals surface area contributed by atoms with E-state index in [-0.39, 0.29) is 48.3 Å². The van der Waals surface area contributed by atoms with Gasteiger partial charge in [0.05, 0.1) is 12.0 Å². The van der Waals surface area contributed by atoms with Gasteiger partial charge in [0.1, 0.15) is 0 Å². The number of nitrogens with one attached hydrogen (secondary N) is 1. The molecule has 0 saturated carbocycles. The van der Waals surface area contributed by atoms with E-state index in [0.29, 0.717) is 23.4 Å². The van der Waals surface area contributed by atoms with Crippen molar-refractivity contribution >= 4 is 29.6 Å². The Labute approximate surface area is 192 Å². The van der Waals surface area contributed by atoms with Crippen molar-refractivity contribution in [1.82, 2.24) is 5.32 Å². The third-order valence-corrected chi connectivity index (χ3v) is 3.94. The standard InChI is InChI=1S/C19H26ClNO6.Na/c1-4-5-17(26-18(24)12(2)3)27-19(25)21-15(10-11-16(22)23)13-6-8-14(20)9-7-13;/h6-9,12,15,17H,4-5,10-11H2,1-3H3,(H,21,25)(H,22,23);/q;+1/p-1. The van der Waals surface area contributed by atoms with Gasteiger partial charge in [-0.15, -0.1) is 0 Å². The fourth-order valence-corrected chi connectivity index (χ4v) is 2.34. The molecule has 0 aliphatic rings. The Kier molecular flexibility index (Phi) is 13.2. The summed E-state index contributed by atoms with van der Waals surface area (Å²) in [5, 5.41) is 13.9. The predicted molar refractivity (Wildman–Crippen MR) is 97.7 cm³/mol. The minimum atomic E-state index is -1.22. The number of ether oxygens (including phenoxy) is 2. The summed E-state index contributed by atoms with van der Waals surface area (Å²) in [6, 6.07) is 6.03. The van der Waals surface area contributed by atoms with Crippen LogP contribution in [0.2, 0.25) is 5.02 Å². The van der Waals surface area contributed by atoms with Gasteiger partial charge in [0, 0.05) is 17.4 Å². The SMILES string of the molecule is CCCC(OC(=O)NC(CCC(=O)[O-])c1ccc(Cl)cc1)OC(=O)C(C)C.[Na+]. The Morgan fingerprint density at radius 3 is 2.21 bits per heavy atom. The van der Waals surface area contributed by atoms with E-state index in [1.54, 1.807) is 38.1 Å². The molecular weight excluding hydrogens is 397 g/mol. The zero-order chi connectivity index (χ0) is 20.4. The molecule has 0 heterocycles. The van der Waals surface area contributed by atoms with Crippen LogP contribution in [0.5, 0.6) is 0 Å². The van der Waals surface area contributed by atoms with Crippen LogP contribution in [-0.2, 0) is 19.1 Å². The number of benzene rings is 1. The van der Waals surface area contributed by atoms with E-state index in [1.165, 1.54) is 0 Å². The normalized spacial score (nSPS) is 12.5. The number of alkyl carbamates (subject to hydrolysis) is 1. The third-order valence-electron chi connectivity index (χ3n) is 3.68. The molecule has 28 heavy (non-hydrogen) atoms. The number of hydrogen-bond acceptors (Lipinski definition) is 6. The molecule has 0 radical (unpaired) electrons. The number of carbonyl (C=O) groups excluding carboxylic acids is 3. The number of amides is 1. The smallest absolute Gasteiger partial charge is 0.550 e. The number of carboxylic acids is 1. The van der Waals surface area contributed by atoms with E-state index in [1.807, 2.05) is 6.92 Å². The zero-order valence-corrected chi connectivity index (χ0v) is 19.5. The maximum atomic E-state index is 12.3. The molecule has 1 amide bonds. The topological polar surface area (TPSA) is 105 Å². The molecule has 1 aromatic rings. The van der Waals surface area contributed by atoms with Gasteiger partial charge in [-0.05, 0) is 37.0 Å². The zero-order valence-electron chi connectivity index (χ0n) is 16.7. The Bertz CT molecular complexity index is 638. The minimum absolute atomic E-state index is 0. The minimum Gasteiger partial charge on any atom is -0.550 e. The van der Waals surface area contributed by atoms with Crippen LogP contribution in [0.4, 0.5) is 4.79 Å². The van der Waals surface area contributed by atoms with Crippen molar-refractivity contribution in [2.75, 3.05) is 0 Å². The summed E-state index contributed by atoms with van der Waals surface area (Å²) in [7, 11) is 0. The Morgan fingerprint density at radius 2 is 1.71 bits per heavy atom. The Hall–Kier alpha value is -1.28.